The highest BCUT2D eigenvalue weighted by Gasteiger charge is 2.29. The SMILES string of the molecule is C=C(O)CNc1ncnc2ncc(-c3ccc(F)cc3)cc12.CC(=N)C(F)(F)F. The molecule has 0 saturated heterocycles. The molecule has 10 heteroatoms. The number of rotatable bonds is 4. The van der Waals surface area contributed by atoms with E-state index in [9.17, 15) is 22.7 Å². The molecule has 0 atom stereocenters. The molecule has 0 aliphatic rings. The van der Waals surface area contributed by atoms with Crippen LogP contribution in [0.1, 0.15) is 6.92 Å². The first-order valence-electron chi connectivity index (χ1n) is 8.17. The molecule has 6 nitrogen and oxygen atoms in total. The fourth-order valence-corrected chi connectivity index (χ4v) is 2.07. The summed E-state index contributed by atoms with van der Waals surface area (Å²) < 4.78 is 45.9. The van der Waals surface area contributed by atoms with E-state index in [1.165, 1.54) is 18.5 Å². The Labute approximate surface area is 163 Å². The molecule has 152 valence electrons. The average molecular weight is 407 g/mol. The van der Waals surface area contributed by atoms with Crippen LogP contribution in [0.25, 0.3) is 22.2 Å². The van der Waals surface area contributed by atoms with Gasteiger partial charge in [-0.15, -0.1) is 0 Å². The number of aromatic nitrogens is 3. The highest BCUT2D eigenvalue weighted by molar-refractivity contribution is 5.89. The smallest absolute Gasteiger partial charge is 0.428 e. The lowest BCUT2D eigenvalue weighted by molar-refractivity contribution is -0.0599. The Morgan fingerprint density at radius 3 is 2.31 bits per heavy atom. The molecule has 0 saturated carbocycles. The molecule has 3 N–H and O–H groups in total. The first-order chi connectivity index (χ1) is 13.6. The third kappa shape index (κ3) is 6.23. The average Bonchev–Trinajstić information content (AvgIpc) is 2.66. The molecule has 2 aromatic heterocycles. The maximum atomic E-state index is 13.0. The molecule has 0 aliphatic heterocycles. The van der Waals surface area contributed by atoms with Crippen LogP contribution in [0.3, 0.4) is 0 Å². The standard InChI is InChI=1S/C16H13FN4O.C3H4F3N/c1-10(22)7-18-15-14-6-12(8-19-16(14)21-9-20-15)11-2-4-13(17)5-3-11;1-2(7)3(4,5)6/h2-6,8-9,22H,1,7H2,(H,18,19,20,21);7H,1H3. The van der Waals surface area contributed by atoms with Crippen molar-refractivity contribution >= 4 is 22.6 Å². The van der Waals surface area contributed by atoms with Gasteiger partial charge in [0, 0.05) is 11.8 Å². The van der Waals surface area contributed by atoms with Crippen LogP contribution in [0, 0.1) is 11.2 Å². The van der Waals surface area contributed by atoms with E-state index in [2.05, 4.69) is 26.8 Å². The van der Waals surface area contributed by atoms with Crippen LogP contribution in [0.4, 0.5) is 23.4 Å². The molecular weight excluding hydrogens is 390 g/mol. The molecule has 0 amide bonds. The topological polar surface area (TPSA) is 94.8 Å². The van der Waals surface area contributed by atoms with Crippen molar-refractivity contribution in [3.05, 3.63) is 61.0 Å². The molecule has 29 heavy (non-hydrogen) atoms. The van der Waals surface area contributed by atoms with Gasteiger partial charge in [0.1, 0.15) is 29.4 Å². The molecule has 2 heterocycles. The summed E-state index contributed by atoms with van der Waals surface area (Å²) >= 11 is 0. The number of halogens is 4. The van der Waals surface area contributed by atoms with E-state index < -0.39 is 11.9 Å². The van der Waals surface area contributed by atoms with Gasteiger partial charge in [0.2, 0.25) is 0 Å². The minimum absolute atomic E-state index is 0.00871. The molecular formula is C19H17F4N5O. The number of nitrogens with zero attached hydrogens (tertiary/aromatic N) is 3. The minimum Gasteiger partial charge on any atom is -0.511 e. The Morgan fingerprint density at radius 2 is 1.76 bits per heavy atom. The molecule has 1 aromatic carbocycles. The second-order valence-electron chi connectivity index (χ2n) is 5.87. The number of fused-ring (bicyclic) bond motifs is 1. The van der Waals surface area contributed by atoms with Crippen LogP contribution < -0.4 is 5.32 Å². The third-order valence-electron chi connectivity index (χ3n) is 3.55. The lowest BCUT2D eigenvalue weighted by Gasteiger charge is -2.08. The zero-order valence-corrected chi connectivity index (χ0v) is 15.3. The van der Waals surface area contributed by atoms with Gasteiger partial charge in [0.05, 0.1) is 11.9 Å². The fourth-order valence-electron chi connectivity index (χ4n) is 2.07. The summed E-state index contributed by atoms with van der Waals surface area (Å²) in [6.07, 6.45) is -1.34. The summed E-state index contributed by atoms with van der Waals surface area (Å²) in [6, 6.07) is 8.04. The molecule has 0 radical (unpaired) electrons. The van der Waals surface area contributed by atoms with Gasteiger partial charge >= 0.3 is 6.18 Å². The zero-order chi connectivity index (χ0) is 21.6. The van der Waals surface area contributed by atoms with Crippen molar-refractivity contribution in [3.63, 3.8) is 0 Å². The van der Waals surface area contributed by atoms with Crippen molar-refractivity contribution in [1.29, 1.82) is 5.41 Å². The number of pyridine rings is 1. The Balaban J connectivity index is 0.000000370. The van der Waals surface area contributed by atoms with E-state index >= 15 is 0 Å². The first-order valence-corrected chi connectivity index (χ1v) is 8.17. The molecule has 0 fully saturated rings. The van der Waals surface area contributed by atoms with Crippen molar-refractivity contribution in [2.75, 3.05) is 11.9 Å². The maximum absolute atomic E-state index is 13.0. The number of hydrogen-bond donors (Lipinski definition) is 3. The first kappa shape index (κ1) is 21.7. The number of hydrogen-bond acceptors (Lipinski definition) is 6. The normalized spacial score (nSPS) is 10.8. The highest BCUT2D eigenvalue weighted by atomic mass is 19.4. The lowest BCUT2D eigenvalue weighted by atomic mass is 10.1. The van der Waals surface area contributed by atoms with Crippen molar-refractivity contribution < 1.29 is 22.7 Å². The van der Waals surface area contributed by atoms with E-state index in [1.54, 1.807) is 18.3 Å². The van der Waals surface area contributed by atoms with Gasteiger partial charge in [-0.3, -0.25) is 0 Å². The summed E-state index contributed by atoms with van der Waals surface area (Å²) in [5.74, 6) is 0.274. The van der Waals surface area contributed by atoms with E-state index in [0.717, 1.165) is 11.1 Å². The van der Waals surface area contributed by atoms with Gasteiger partial charge in [-0.05, 0) is 30.7 Å². The summed E-state index contributed by atoms with van der Waals surface area (Å²) in [5, 5.41) is 18.9. The second-order valence-corrected chi connectivity index (χ2v) is 5.87. The number of aliphatic hydroxyl groups excluding tert-OH is 1. The molecule has 0 bridgehead atoms. The third-order valence-corrected chi connectivity index (χ3v) is 3.55. The Kier molecular flexibility index (Phi) is 6.81. The predicted octanol–water partition coefficient (Wildman–Crippen LogP) is 4.90. The highest BCUT2D eigenvalue weighted by Crippen LogP contribution is 2.25. The van der Waals surface area contributed by atoms with Crippen LogP contribution >= 0.6 is 0 Å². The summed E-state index contributed by atoms with van der Waals surface area (Å²) in [6.45, 7) is 4.32. The van der Waals surface area contributed by atoms with Crippen molar-refractivity contribution in [3.8, 4) is 11.1 Å². The van der Waals surface area contributed by atoms with Gasteiger partial charge in [-0.1, -0.05) is 18.7 Å². The fraction of sp³-hybridized carbons (Fsp3) is 0.158. The van der Waals surface area contributed by atoms with Crippen LogP contribution in [-0.4, -0.2) is 38.5 Å². The molecule has 0 unspecified atom stereocenters. The van der Waals surface area contributed by atoms with E-state index in [1.807, 2.05) is 6.07 Å². The van der Waals surface area contributed by atoms with E-state index in [0.29, 0.717) is 23.8 Å². The molecule has 3 aromatic rings. The van der Waals surface area contributed by atoms with Gasteiger partial charge in [-0.2, -0.15) is 13.2 Å². The molecule has 0 spiro atoms. The summed E-state index contributed by atoms with van der Waals surface area (Å²) in [4.78, 5) is 12.6. The maximum Gasteiger partial charge on any atom is 0.428 e. The Morgan fingerprint density at radius 1 is 1.14 bits per heavy atom. The summed E-state index contributed by atoms with van der Waals surface area (Å²) in [7, 11) is 0. The van der Waals surface area contributed by atoms with E-state index in [4.69, 9.17) is 5.41 Å². The minimum atomic E-state index is -4.42. The van der Waals surface area contributed by atoms with Crippen LogP contribution in [0.5, 0.6) is 0 Å². The van der Waals surface area contributed by atoms with Gasteiger partial charge in [0.15, 0.2) is 5.65 Å². The largest absolute Gasteiger partial charge is 0.511 e. The number of alkyl halides is 3. The van der Waals surface area contributed by atoms with Crippen LogP contribution in [0.2, 0.25) is 0 Å². The summed E-state index contributed by atoms with van der Waals surface area (Å²) in [5.41, 5.74) is 0.949. The lowest BCUT2D eigenvalue weighted by Crippen LogP contribution is -2.17. The Bertz CT molecular complexity index is 1020. The van der Waals surface area contributed by atoms with Gasteiger partial charge < -0.3 is 15.8 Å². The molecule has 3 rings (SSSR count). The van der Waals surface area contributed by atoms with Crippen molar-refractivity contribution in [1.82, 2.24) is 15.0 Å². The van der Waals surface area contributed by atoms with Crippen LogP contribution in [-0.2, 0) is 0 Å². The number of aliphatic hydroxyl groups is 1. The monoisotopic (exact) mass is 407 g/mol. The van der Waals surface area contributed by atoms with Gasteiger partial charge in [-0.25, -0.2) is 19.3 Å². The number of anilines is 1. The number of nitrogens with one attached hydrogen (secondary N) is 2. The van der Waals surface area contributed by atoms with Crippen LogP contribution in [0.15, 0.2) is 55.2 Å². The molecule has 0 aliphatic carbocycles. The second kappa shape index (κ2) is 9.09. The predicted molar refractivity (Wildman–Crippen MR) is 102 cm³/mol. The number of benzene rings is 1. The zero-order valence-electron chi connectivity index (χ0n) is 15.3. The van der Waals surface area contributed by atoms with E-state index in [-0.39, 0.29) is 18.1 Å². The van der Waals surface area contributed by atoms with Crippen molar-refractivity contribution in [2.45, 2.75) is 13.1 Å². The Hall–Kier alpha value is -3.56. The van der Waals surface area contributed by atoms with Gasteiger partial charge in [0.25, 0.3) is 0 Å². The quantitative estimate of drug-likeness (QED) is 0.325. The van der Waals surface area contributed by atoms with Crippen molar-refractivity contribution in [2.24, 2.45) is 0 Å².